The topological polar surface area (TPSA) is 83.7 Å². The van der Waals surface area contributed by atoms with Crippen LogP contribution in [0.3, 0.4) is 0 Å². The largest absolute Gasteiger partial charge is 0.477 e. The fourth-order valence-electron chi connectivity index (χ4n) is 5.96. The average Bonchev–Trinajstić information content (AvgIpc) is 3.71. The highest BCUT2D eigenvalue weighted by atomic mass is 16.5. The molecule has 0 unspecified atom stereocenters. The molecule has 37 heavy (non-hydrogen) atoms. The first-order chi connectivity index (χ1) is 18.0. The van der Waals surface area contributed by atoms with Crippen molar-refractivity contribution in [2.75, 3.05) is 31.1 Å². The van der Waals surface area contributed by atoms with E-state index in [4.69, 9.17) is 9.84 Å². The summed E-state index contributed by atoms with van der Waals surface area (Å²) in [6, 6.07) is 11.2. The van der Waals surface area contributed by atoms with Crippen molar-refractivity contribution in [2.45, 2.75) is 77.0 Å². The van der Waals surface area contributed by atoms with Crippen LogP contribution in [0, 0.1) is 0 Å². The molecule has 3 aromatic rings. The van der Waals surface area contributed by atoms with Crippen LogP contribution in [0.2, 0.25) is 0 Å². The summed E-state index contributed by atoms with van der Waals surface area (Å²) in [6.45, 7) is 8.30. The summed E-state index contributed by atoms with van der Waals surface area (Å²) in [5, 5.41) is 15.6. The lowest BCUT2D eigenvalue weighted by molar-refractivity contribution is 0.0691. The normalized spacial score (nSPS) is 19.6. The molecule has 3 aliphatic rings. The van der Waals surface area contributed by atoms with Crippen LogP contribution < -0.4 is 9.64 Å². The predicted octanol–water partition coefficient (Wildman–Crippen LogP) is 5.37. The summed E-state index contributed by atoms with van der Waals surface area (Å²) in [5.41, 5.74) is 3.62. The van der Waals surface area contributed by atoms with Crippen molar-refractivity contribution in [3.8, 4) is 17.0 Å². The molecule has 196 valence electrons. The van der Waals surface area contributed by atoms with Crippen molar-refractivity contribution in [1.82, 2.24) is 19.7 Å². The predicted molar refractivity (Wildman–Crippen MR) is 145 cm³/mol. The van der Waals surface area contributed by atoms with E-state index in [-0.39, 0.29) is 17.8 Å². The van der Waals surface area contributed by atoms with Gasteiger partial charge in [0.2, 0.25) is 5.88 Å². The maximum Gasteiger partial charge on any atom is 0.354 e. The van der Waals surface area contributed by atoms with Gasteiger partial charge >= 0.3 is 5.97 Å². The van der Waals surface area contributed by atoms with Crippen molar-refractivity contribution in [2.24, 2.45) is 0 Å². The van der Waals surface area contributed by atoms with Crippen LogP contribution in [0.15, 0.2) is 30.3 Å². The first kappa shape index (κ1) is 24.2. The number of carbonyl (C=O) groups is 1. The Kier molecular flexibility index (Phi) is 6.53. The third-order valence-electron chi connectivity index (χ3n) is 8.04. The van der Waals surface area contributed by atoms with Crippen molar-refractivity contribution in [3.63, 3.8) is 0 Å². The van der Waals surface area contributed by atoms with Crippen LogP contribution in [0.1, 0.15) is 75.3 Å². The zero-order valence-corrected chi connectivity index (χ0v) is 21.9. The van der Waals surface area contributed by atoms with Gasteiger partial charge < -0.3 is 14.7 Å². The fourth-order valence-corrected chi connectivity index (χ4v) is 5.96. The number of rotatable bonds is 7. The molecule has 8 nitrogen and oxygen atoms in total. The van der Waals surface area contributed by atoms with E-state index in [2.05, 4.69) is 39.0 Å². The molecular formula is C29H37N5O3. The summed E-state index contributed by atoms with van der Waals surface area (Å²) in [7, 11) is 0. The first-order valence-corrected chi connectivity index (χ1v) is 13.9. The number of anilines is 1. The minimum atomic E-state index is -1.03. The van der Waals surface area contributed by atoms with Gasteiger partial charge in [-0.25, -0.2) is 14.5 Å². The molecule has 0 bridgehead atoms. The van der Waals surface area contributed by atoms with Gasteiger partial charge in [0.25, 0.3) is 0 Å². The van der Waals surface area contributed by atoms with Crippen LogP contribution in [0.4, 0.5) is 5.69 Å². The van der Waals surface area contributed by atoms with Crippen LogP contribution in [0.5, 0.6) is 5.88 Å². The number of nitrogens with zero attached hydrogens (tertiary/aromatic N) is 5. The minimum Gasteiger partial charge on any atom is -0.477 e. The van der Waals surface area contributed by atoms with Gasteiger partial charge in [-0.1, -0.05) is 31.4 Å². The third kappa shape index (κ3) is 4.91. The maximum absolute atomic E-state index is 12.1. The van der Waals surface area contributed by atoms with E-state index in [1.54, 1.807) is 6.07 Å². The number of hydrogen-bond acceptors (Lipinski definition) is 6. The number of aromatic carboxylic acids is 1. The first-order valence-electron chi connectivity index (χ1n) is 13.9. The molecule has 1 N–H and O–H groups in total. The van der Waals surface area contributed by atoms with Gasteiger partial charge in [-0.05, 0) is 63.3 Å². The minimum absolute atomic E-state index is 0.0378. The van der Waals surface area contributed by atoms with Gasteiger partial charge in [-0.15, -0.1) is 5.10 Å². The van der Waals surface area contributed by atoms with E-state index < -0.39 is 5.97 Å². The Morgan fingerprint density at radius 2 is 1.68 bits per heavy atom. The van der Waals surface area contributed by atoms with E-state index in [9.17, 15) is 9.90 Å². The Morgan fingerprint density at radius 3 is 2.30 bits per heavy atom. The number of benzene rings is 1. The van der Waals surface area contributed by atoms with E-state index in [0.29, 0.717) is 11.5 Å². The Balaban J connectivity index is 1.39. The van der Waals surface area contributed by atoms with Gasteiger partial charge in [0.1, 0.15) is 0 Å². The highest BCUT2D eigenvalue weighted by Crippen LogP contribution is 2.39. The summed E-state index contributed by atoms with van der Waals surface area (Å²) < 4.78 is 8.12. The average molecular weight is 504 g/mol. The number of aromatic nitrogens is 3. The van der Waals surface area contributed by atoms with Crippen LogP contribution >= 0.6 is 0 Å². The lowest BCUT2D eigenvalue weighted by Gasteiger charge is -2.36. The molecule has 2 aliphatic carbocycles. The molecule has 0 atom stereocenters. The highest BCUT2D eigenvalue weighted by Gasteiger charge is 2.31. The zero-order valence-electron chi connectivity index (χ0n) is 21.9. The van der Waals surface area contributed by atoms with Crippen molar-refractivity contribution >= 4 is 22.7 Å². The SMILES string of the molecule is CC(C)Oc1nn(C2CCCCC2)c2nc(C(=O)O)cc(-c3ccc(N4CCN(C5CC5)CC4)cc3)c12. The quantitative estimate of drug-likeness (QED) is 0.464. The molecule has 2 aromatic heterocycles. The number of piperazine rings is 1. The Bertz CT molecular complexity index is 1270. The second-order valence-electron chi connectivity index (χ2n) is 11.1. The van der Waals surface area contributed by atoms with Gasteiger partial charge in [-0.3, -0.25) is 4.90 Å². The van der Waals surface area contributed by atoms with Crippen LogP contribution in [-0.2, 0) is 0 Å². The van der Waals surface area contributed by atoms with Gasteiger partial charge in [0.15, 0.2) is 11.3 Å². The summed E-state index contributed by atoms with van der Waals surface area (Å²) in [5.74, 6) is -0.494. The molecule has 0 spiro atoms. The molecule has 6 rings (SSSR count). The van der Waals surface area contributed by atoms with E-state index in [1.165, 1.54) is 24.9 Å². The Morgan fingerprint density at radius 1 is 0.973 bits per heavy atom. The van der Waals surface area contributed by atoms with Crippen LogP contribution in [0.25, 0.3) is 22.2 Å². The fraction of sp³-hybridized carbons (Fsp3) is 0.552. The molecule has 1 saturated heterocycles. The summed E-state index contributed by atoms with van der Waals surface area (Å²) in [4.78, 5) is 21.8. The lowest BCUT2D eigenvalue weighted by atomic mass is 9.95. The zero-order chi connectivity index (χ0) is 25.5. The van der Waals surface area contributed by atoms with Crippen molar-refractivity contribution in [3.05, 3.63) is 36.0 Å². The number of fused-ring (bicyclic) bond motifs is 1. The van der Waals surface area contributed by atoms with Gasteiger partial charge in [-0.2, -0.15) is 0 Å². The molecule has 3 heterocycles. The van der Waals surface area contributed by atoms with Crippen LogP contribution in [-0.4, -0.2) is 69.1 Å². The van der Waals surface area contributed by atoms with Gasteiger partial charge in [0.05, 0.1) is 17.5 Å². The van der Waals surface area contributed by atoms with Crippen molar-refractivity contribution in [1.29, 1.82) is 0 Å². The monoisotopic (exact) mass is 503 g/mol. The molecule has 3 fully saturated rings. The Labute approximate surface area is 218 Å². The second kappa shape index (κ2) is 9.97. The van der Waals surface area contributed by atoms with E-state index in [0.717, 1.165) is 74.4 Å². The molecule has 2 saturated carbocycles. The maximum atomic E-state index is 12.1. The number of carboxylic acids is 1. The highest BCUT2D eigenvalue weighted by molar-refractivity contribution is 6.01. The molecule has 8 heteroatoms. The number of carboxylic acid groups (broad SMARTS) is 1. The third-order valence-corrected chi connectivity index (χ3v) is 8.04. The lowest BCUT2D eigenvalue weighted by Crippen LogP contribution is -2.47. The second-order valence-corrected chi connectivity index (χ2v) is 11.1. The van der Waals surface area contributed by atoms with Gasteiger partial charge in [0, 0.05) is 43.5 Å². The van der Waals surface area contributed by atoms with E-state index >= 15 is 0 Å². The number of ether oxygens (including phenoxy) is 1. The Hall–Kier alpha value is -3.13. The standard InChI is InChI=1S/C29H37N5O3/c1-19(2)37-28-26-24(18-25(29(35)36)30-27(26)34(31-28)23-6-4-3-5-7-23)20-8-10-21(11-9-20)32-14-16-33(17-15-32)22-12-13-22/h8-11,18-19,22-23H,3-7,12-17H2,1-2H3,(H,35,36). The number of pyridine rings is 1. The summed E-state index contributed by atoms with van der Waals surface area (Å²) >= 11 is 0. The smallest absolute Gasteiger partial charge is 0.354 e. The molecule has 1 aromatic carbocycles. The molecule has 1 aliphatic heterocycles. The van der Waals surface area contributed by atoms with Crippen molar-refractivity contribution < 1.29 is 14.6 Å². The molecular weight excluding hydrogens is 466 g/mol. The van der Waals surface area contributed by atoms with E-state index in [1.807, 2.05) is 18.5 Å². The summed E-state index contributed by atoms with van der Waals surface area (Å²) in [6.07, 6.45) is 8.22. The molecule has 0 radical (unpaired) electrons. The number of hydrogen-bond donors (Lipinski definition) is 1. The molecule has 0 amide bonds.